The number of aryl methyl sites for hydroxylation is 1. The highest BCUT2D eigenvalue weighted by molar-refractivity contribution is 6.05. The molecule has 6 rings (SSSR count). The van der Waals surface area contributed by atoms with Crippen LogP contribution >= 0.6 is 0 Å². The summed E-state index contributed by atoms with van der Waals surface area (Å²) >= 11 is 0. The second kappa shape index (κ2) is 8.14. The maximum atomic E-state index is 13.6. The van der Waals surface area contributed by atoms with Crippen molar-refractivity contribution in [1.29, 1.82) is 0 Å². The molecule has 3 aromatic heterocycles. The van der Waals surface area contributed by atoms with Crippen LogP contribution in [0.2, 0.25) is 0 Å². The van der Waals surface area contributed by atoms with Gasteiger partial charge in [-0.05, 0) is 49.1 Å². The number of amides is 1. The van der Waals surface area contributed by atoms with Crippen molar-refractivity contribution in [1.82, 2.24) is 19.9 Å². The number of ether oxygens (including phenoxy) is 1. The number of nitrogens with two attached hydrogens (primary N) is 1. The van der Waals surface area contributed by atoms with Crippen LogP contribution in [0, 0.1) is 6.92 Å². The fraction of sp³-hybridized carbons (Fsp3) is 0.269. The van der Waals surface area contributed by atoms with Crippen LogP contribution in [-0.2, 0) is 24.5 Å². The molecule has 2 N–H and O–H groups in total. The molecule has 170 valence electrons. The zero-order valence-electron chi connectivity index (χ0n) is 18.9. The number of pyridine rings is 2. The van der Waals surface area contributed by atoms with Crippen molar-refractivity contribution in [2.45, 2.75) is 45.4 Å². The van der Waals surface area contributed by atoms with Crippen LogP contribution in [0.3, 0.4) is 0 Å². The predicted molar refractivity (Wildman–Crippen MR) is 128 cm³/mol. The van der Waals surface area contributed by atoms with Gasteiger partial charge in [-0.3, -0.25) is 9.78 Å². The van der Waals surface area contributed by atoms with Gasteiger partial charge >= 0.3 is 0 Å². The normalized spacial score (nSPS) is 14.9. The predicted octanol–water partition coefficient (Wildman–Crippen LogP) is 4.07. The van der Waals surface area contributed by atoms with E-state index in [1.807, 2.05) is 37.3 Å². The molecule has 34 heavy (non-hydrogen) atoms. The van der Waals surface area contributed by atoms with Gasteiger partial charge in [0.15, 0.2) is 0 Å². The van der Waals surface area contributed by atoms with Crippen LogP contribution in [0.25, 0.3) is 10.9 Å². The number of carbonyl (C=O) groups is 1. The Labute approximate surface area is 196 Å². The van der Waals surface area contributed by atoms with E-state index in [4.69, 9.17) is 10.5 Å². The fourth-order valence-corrected chi connectivity index (χ4v) is 4.36. The lowest BCUT2D eigenvalue weighted by Crippen LogP contribution is -2.31. The third-order valence-corrected chi connectivity index (χ3v) is 6.45. The lowest BCUT2D eigenvalue weighted by atomic mass is 10.0. The first-order valence-electron chi connectivity index (χ1n) is 11.4. The zero-order valence-corrected chi connectivity index (χ0v) is 18.9. The lowest BCUT2D eigenvalue weighted by Gasteiger charge is -2.23. The summed E-state index contributed by atoms with van der Waals surface area (Å²) < 4.78 is 5.58. The van der Waals surface area contributed by atoms with Gasteiger partial charge < -0.3 is 15.4 Å². The van der Waals surface area contributed by atoms with Crippen molar-refractivity contribution in [2.24, 2.45) is 0 Å². The number of carbonyl (C=O) groups excluding carboxylic acids is 1. The van der Waals surface area contributed by atoms with E-state index in [-0.39, 0.29) is 5.91 Å². The van der Waals surface area contributed by atoms with Gasteiger partial charge in [0.1, 0.15) is 11.6 Å². The summed E-state index contributed by atoms with van der Waals surface area (Å²) in [5.74, 6) is 1.57. The van der Waals surface area contributed by atoms with Gasteiger partial charge in [-0.1, -0.05) is 12.1 Å². The van der Waals surface area contributed by atoms with E-state index < -0.39 is 0 Å². The zero-order chi connectivity index (χ0) is 23.2. The molecule has 1 aliphatic heterocycles. The van der Waals surface area contributed by atoms with Gasteiger partial charge in [0.05, 0.1) is 42.7 Å². The Morgan fingerprint density at radius 1 is 1.06 bits per heavy atom. The van der Waals surface area contributed by atoms with Crippen LogP contribution in [0.5, 0.6) is 0 Å². The third kappa shape index (κ3) is 3.76. The van der Waals surface area contributed by atoms with Crippen molar-refractivity contribution in [3.8, 4) is 0 Å². The Morgan fingerprint density at radius 3 is 2.59 bits per heavy atom. The minimum atomic E-state index is -0.178. The SMILES string of the molecule is Cc1ccc(N(Cc2ccc3c4c(c(N)nc3c2)COC4)C(=O)c2cnc(C3CC3)nc2)cn1. The molecule has 0 saturated heterocycles. The molecule has 8 heteroatoms. The Morgan fingerprint density at radius 2 is 1.85 bits per heavy atom. The number of nitrogens with zero attached hydrogens (tertiary/aromatic N) is 5. The van der Waals surface area contributed by atoms with Crippen LogP contribution in [0.4, 0.5) is 11.5 Å². The Balaban J connectivity index is 1.36. The number of fused-ring (bicyclic) bond motifs is 3. The molecule has 0 bridgehead atoms. The van der Waals surface area contributed by atoms with Gasteiger partial charge in [0.25, 0.3) is 5.91 Å². The minimum Gasteiger partial charge on any atom is -0.383 e. The van der Waals surface area contributed by atoms with Crippen molar-refractivity contribution in [3.05, 3.63) is 82.7 Å². The standard InChI is InChI=1S/C26H24N6O2/c1-15-2-6-19(11-28-15)32(26(33)18-9-29-25(30-10-18)17-4-5-17)12-16-3-7-20-21-13-34-14-22(21)24(27)31-23(20)8-16/h2-3,6-11,17H,4-5,12-14H2,1H3,(H2,27,31). The number of rotatable bonds is 5. The van der Waals surface area contributed by atoms with E-state index in [1.165, 1.54) is 0 Å². The smallest absolute Gasteiger partial charge is 0.261 e. The molecule has 1 aromatic carbocycles. The molecule has 4 aromatic rings. The second-order valence-electron chi connectivity index (χ2n) is 8.95. The summed E-state index contributed by atoms with van der Waals surface area (Å²) in [7, 11) is 0. The fourth-order valence-electron chi connectivity index (χ4n) is 4.36. The van der Waals surface area contributed by atoms with E-state index in [9.17, 15) is 4.79 Å². The first kappa shape index (κ1) is 20.7. The highest BCUT2D eigenvalue weighted by atomic mass is 16.5. The number of nitrogen functional groups attached to an aromatic ring is 1. The molecule has 0 radical (unpaired) electrons. The molecule has 8 nitrogen and oxygen atoms in total. The molecule has 4 heterocycles. The number of hydrogen-bond donors (Lipinski definition) is 1. The van der Waals surface area contributed by atoms with Crippen molar-refractivity contribution < 1.29 is 9.53 Å². The topological polar surface area (TPSA) is 107 Å². The first-order valence-corrected chi connectivity index (χ1v) is 11.4. The maximum absolute atomic E-state index is 13.6. The molecule has 1 amide bonds. The van der Waals surface area contributed by atoms with E-state index in [2.05, 4.69) is 19.9 Å². The number of benzene rings is 1. The minimum absolute atomic E-state index is 0.178. The van der Waals surface area contributed by atoms with Crippen molar-refractivity contribution in [3.63, 3.8) is 0 Å². The third-order valence-electron chi connectivity index (χ3n) is 6.45. The Hall–Kier alpha value is -3.91. The van der Waals surface area contributed by atoms with Crippen LogP contribution in [-0.4, -0.2) is 25.8 Å². The number of anilines is 2. The molecule has 1 aliphatic carbocycles. The molecule has 0 unspecified atom stereocenters. The van der Waals surface area contributed by atoms with E-state index in [1.54, 1.807) is 23.5 Å². The average molecular weight is 453 g/mol. The molecular weight excluding hydrogens is 428 g/mol. The molecular formula is C26H24N6O2. The van der Waals surface area contributed by atoms with Crippen LogP contribution in [0.15, 0.2) is 48.9 Å². The molecule has 0 spiro atoms. The Bertz CT molecular complexity index is 1400. The van der Waals surface area contributed by atoms with E-state index in [0.717, 1.165) is 52.0 Å². The van der Waals surface area contributed by atoms with Gasteiger partial charge in [0, 0.05) is 35.0 Å². The van der Waals surface area contributed by atoms with Crippen LogP contribution in [0.1, 0.15) is 57.3 Å². The average Bonchev–Trinajstić information content (AvgIpc) is 3.58. The van der Waals surface area contributed by atoms with Crippen LogP contribution < -0.4 is 10.6 Å². The monoisotopic (exact) mass is 452 g/mol. The summed E-state index contributed by atoms with van der Waals surface area (Å²) in [5, 5.41) is 1.03. The second-order valence-corrected chi connectivity index (χ2v) is 8.95. The summed E-state index contributed by atoms with van der Waals surface area (Å²) in [6, 6.07) is 9.84. The quantitative estimate of drug-likeness (QED) is 0.486. The molecule has 1 fully saturated rings. The molecule has 2 aliphatic rings. The number of hydrogen-bond acceptors (Lipinski definition) is 7. The summed E-state index contributed by atoms with van der Waals surface area (Å²) in [6.45, 7) is 3.30. The number of aromatic nitrogens is 4. The first-order chi connectivity index (χ1) is 16.6. The maximum Gasteiger partial charge on any atom is 0.261 e. The van der Waals surface area contributed by atoms with Gasteiger partial charge in [-0.25, -0.2) is 15.0 Å². The van der Waals surface area contributed by atoms with Gasteiger partial charge in [0.2, 0.25) is 0 Å². The summed E-state index contributed by atoms with van der Waals surface area (Å²) in [6.07, 6.45) is 7.20. The highest BCUT2D eigenvalue weighted by Gasteiger charge is 2.27. The summed E-state index contributed by atoms with van der Waals surface area (Å²) in [5.41, 5.74) is 12.0. The van der Waals surface area contributed by atoms with Crippen molar-refractivity contribution >= 4 is 28.3 Å². The summed E-state index contributed by atoms with van der Waals surface area (Å²) in [4.78, 5) is 33.1. The Kier molecular flexibility index (Phi) is 4.95. The molecule has 0 atom stereocenters. The highest BCUT2D eigenvalue weighted by Crippen LogP contribution is 2.37. The lowest BCUT2D eigenvalue weighted by molar-refractivity contribution is 0.0984. The molecule has 1 saturated carbocycles. The van der Waals surface area contributed by atoms with Gasteiger partial charge in [-0.15, -0.1) is 0 Å². The van der Waals surface area contributed by atoms with E-state index in [0.29, 0.717) is 42.7 Å². The van der Waals surface area contributed by atoms with E-state index >= 15 is 0 Å². The largest absolute Gasteiger partial charge is 0.383 e. The van der Waals surface area contributed by atoms with Crippen molar-refractivity contribution in [2.75, 3.05) is 10.6 Å². The van der Waals surface area contributed by atoms with Gasteiger partial charge in [-0.2, -0.15) is 0 Å².